The van der Waals surface area contributed by atoms with Gasteiger partial charge in [-0.05, 0) is 32.1 Å². The highest BCUT2D eigenvalue weighted by molar-refractivity contribution is 5.76. The minimum absolute atomic E-state index is 0.184. The van der Waals surface area contributed by atoms with Crippen molar-refractivity contribution in [1.29, 1.82) is 0 Å². The number of allylic oxidation sites excluding steroid dienone is 3. The Morgan fingerprint density at radius 3 is 1.42 bits per heavy atom. The zero-order valence-electron chi connectivity index (χ0n) is 38.3. The average Bonchev–Trinajstić information content (AvgIpc) is 3.23. The van der Waals surface area contributed by atoms with Gasteiger partial charge < -0.3 is 40.3 Å². The number of aliphatic hydroxyl groups excluding tert-OH is 5. The second-order valence-electron chi connectivity index (χ2n) is 17.6. The van der Waals surface area contributed by atoms with E-state index in [9.17, 15) is 30.3 Å². The molecule has 348 valence electrons. The fourth-order valence-electron chi connectivity index (χ4n) is 8.00. The van der Waals surface area contributed by atoms with E-state index in [1.54, 1.807) is 6.08 Å². The second kappa shape index (κ2) is 40.7. The first-order valence-electron chi connectivity index (χ1n) is 25.1. The summed E-state index contributed by atoms with van der Waals surface area (Å²) < 4.78 is 11.2. The normalized spacial score (nSPS) is 20.8. The fourth-order valence-corrected chi connectivity index (χ4v) is 8.00. The summed E-state index contributed by atoms with van der Waals surface area (Å²) in [6, 6.07) is -0.816. The Kier molecular flexibility index (Phi) is 38.4. The van der Waals surface area contributed by atoms with Gasteiger partial charge in [-0.15, -0.1) is 0 Å². The van der Waals surface area contributed by atoms with Crippen molar-refractivity contribution in [3.05, 3.63) is 24.3 Å². The molecule has 7 atom stereocenters. The molecule has 0 saturated carbocycles. The smallest absolute Gasteiger partial charge is 0.220 e. The molecule has 1 saturated heterocycles. The van der Waals surface area contributed by atoms with Crippen molar-refractivity contribution in [3.63, 3.8) is 0 Å². The molecule has 59 heavy (non-hydrogen) atoms. The highest BCUT2D eigenvalue weighted by Crippen LogP contribution is 2.23. The molecule has 0 aromatic heterocycles. The van der Waals surface area contributed by atoms with Gasteiger partial charge in [-0.25, -0.2) is 0 Å². The Balaban J connectivity index is 2.26. The number of hydrogen-bond donors (Lipinski definition) is 6. The molecule has 0 aromatic carbocycles. The molecule has 3 unspecified atom stereocenters. The van der Waals surface area contributed by atoms with Gasteiger partial charge in [0, 0.05) is 6.42 Å². The predicted octanol–water partition coefficient (Wildman–Crippen LogP) is 11.1. The highest BCUT2D eigenvalue weighted by atomic mass is 16.7. The van der Waals surface area contributed by atoms with Crippen LogP contribution in [0.4, 0.5) is 0 Å². The van der Waals surface area contributed by atoms with Gasteiger partial charge in [0.05, 0.1) is 25.4 Å². The van der Waals surface area contributed by atoms with Crippen LogP contribution in [0.5, 0.6) is 0 Å². The van der Waals surface area contributed by atoms with E-state index >= 15 is 0 Å². The molecule has 0 aliphatic carbocycles. The number of carbonyl (C=O) groups excluding carboxylic acids is 1. The molecular weight excluding hydrogens is 743 g/mol. The monoisotopic (exact) mass is 838 g/mol. The Bertz CT molecular complexity index is 977. The van der Waals surface area contributed by atoms with Gasteiger partial charge in [0.15, 0.2) is 6.29 Å². The Morgan fingerprint density at radius 1 is 0.559 bits per heavy atom. The van der Waals surface area contributed by atoms with Crippen LogP contribution in [-0.4, -0.2) is 87.5 Å². The van der Waals surface area contributed by atoms with Crippen LogP contribution in [0.1, 0.15) is 232 Å². The number of unbranched alkanes of at least 4 members (excludes halogenated alkanes) is 30. The van der Waals surface area contributed by atoms with Gasteiger partial charge >= 0.3 is 0 Å². The van der Waals surface area contributed by atoms with Crippen molar-refractivity contribution in [1.82, 2.24) is 5.32 Å². The molecule has 9 nitrogen and oxygen atoms in total. The van der Waals surface area contributed by atoms with Gasteiger partial charge in [-0.1, -0.05) is 218 Å². The van der Waals surface area contributed by atoms with Gasteiger partial charge in [-0.2, -0.15) is 0 Å². The van der Waals surface area contributed by atoms with Crippen molar-refractivity contribution < 1.29 is 39.8 Å². The van der Waals surface area contributed by atoms with Crippen LogP contribution in [0.3, 0.4) is 0 Å². The van der Waals surface area contributed by atoms with Crippen molar-refractivity contribution in [2.45, 2.75) is 275 Å². The number of carbonyl (C=O) groups is 1. The minimum atomic E-state index is -1.57. The standard InChI is InChI=1S/C50H95NO8/c1-3-5-7-9-11-13-15-17-18-19-20-21-22-23-24-25-26-28-30-32-34-36-38-40-46(54)51-43(42-58-50-49(57)48(56)47(55)45(41-52)59-50)44(53)39-37-35-33-31-29-27-16-14-12-10-8-6-4-2/h29,31,37,39,43-45,47-50,52-53,55-57H,3-28,30,32-36,38,40-42H2,1-2H3,(H,51,54)/b31-29-,39-37+/t43?,44?,45-,47-,48+,49-,50?/m1/s1. The maximum Gasteiger partial charge on any atom is 0.220 e. The number of hydrogen-bond acceptors (Lipinski definition) is 8. The van der Waals surface area contributed by atoms with E-state index in [1.165, 1.54) is 173 Å². The van der Waals surface area contributed by atoms with Crippen LogP contribution in [0, 0.1) is 0 Å². The Hall–Kier alpha value is -1.33. The third kappa shape index (κ3) is 31.2. The molecule has 1 rings (SSSR count). The van der Waals surface area contributed by atoms with Crippen LogP contribution < -0.4 is 5.32 Å². The summed E-state index contributed by atoms with van der Waals surface area (Å²) >= 11 is 0. The lowest BCUT2D eigenvalue weighted by atomic mass is 9.99. The van der Waals surface area contributed by atoms with E-state index in [2.05, 4.69) is 31.3 Å². The number of amides is 1. The average molecular weight is 838 g/mol. The van der Waals surface area contributed by atoms with Crippen molar-refractivity contribution >= 4 is 5.91 Å². The first-order chi connectivity index (χ1) is 28.8. The van der Waals surface area contributed by atoms with Crippen molar-refractivity contribution in [3.8, 4) is 0 Å². The summed E-state index contributed by atoms with van der Waals surface area (Å²) in [6.07, 6.45) is 42.4. The molecule has 0 bridgehead atoms. The van der Waals surface area contributed by atoms with E-state index < -0.39 is 49.5 Å². The lowest BCUT2D eigenvalue weighted by Crippen LogP contribution is -2.60. The van der Waals surface area contributed by atoms with Gasteiger partial charge in [0.2, 0.25) is 5.91 Å². The van der Waals surface area contributed by atoms with E-state index in [0.717, 1.165) is 38.5 Å². The first-order valence-corrected chi connectivity index (χ1v) is 25.1. The summed E-state index contributed by atoms with van der Waals surface area (Å²) in [4.78, 5) is 13.0. The third-order valence-electron chi connectivity index (χ3n) is 12.0. The predicted molar refractivity (Wildman–Crippen MR) is 244 cm³/mol. The largest absolute Gasteiger partial charge is 0.394 e. The zero-order valence-corrected chi connectivity index (χ0v) is 38.3. The maximum absolute atomic E-state index is 13.0. The van der Waals surface area contributed by atoms with Gasteiger partial charge in [0.25, 0.3) is 0 Å². The topological polar surface area (TPSA) is 149 Å². The molecular formula is C50H95NO8. The Labute approximate surface area is 362 Å². The van der Waals surface area contributed by atoms with E-state index in [1.807, 2.05) is 6.08 Å². The summed E-state index contributed by atoms with van der Waals surface area (Å²) in [6.45, 7) is 3.76. The summed E-state index contributed by atoms with van der Waals surface area (Å²) in [5, 5.41) is 54.2. The molecule has 1 fully saturated rings. The molecule has 1 heterocycles. The lowest BCUT2D eigenvalue weighted by molar-refractivity contribution is -0.302. The van der Waals surface area contributed by atoms with Crippen LogP contribution in [0.25, 0.3) is 0 Å². The summed E-state index contributed by atoms with van der Waals surface area (Å²) in [5.74, 6) is -0.184. The van der Waals surface area contributed by atoms with Gasteiger partial charge in [-0.3, -0.25) is 4.79 Å². The molecule has 1 amide bonds. The molecule has 1 aliphatic heterocycles. The Morgan fingerprint density at radius 2 is 0.966 bits per heavy atom. The van der Waals surface area contributed by atoms with Gasteiger partial charge in [0.1, 0.15) is 24.4 Å². The SMILES string of the molecule is CCCCCCCCC/C=C\CC/C=C/C(O)C(COC1O[C@H](CO)[C@@H](O)[C@H](O)[C@H]1O)NC(=O)CCCCCCCCCCCCCCCCCCCCCCCCC. The van der Waals surface area contributed by atoms with Crippen LogP contribution in [0.2, 0.25) is 0 Å². The number of rotatable bonds is 42. The second-order valence-corrected chi connectivity index (χ2v) is 17.6. The maximum atomic E-state index is 13.0. The molecule has 1 aliphatic rings. The van der Waals surface area contributed by atoms with Crippen molar-refractivity contribution in [2.75, 3.05) is 13.2 Å². The highest BCUT2D eigenvalue weighted by Gasteiger charge is 2.44. The van der Waals surface area contributed by atoms with Crippen LogP contribution >= 0.6 is 0 Å². The fraction of sp³-hybridized carbons (Fsp3) is 0.900. The molecule has 0 radical (unpaired) electrons. The van der Waals surface area contributed by atoms with E-state index in [-0.39, 0.29) is 12.5 Å². The summed E-state index contributed by atoms with van der Waals surface area (Å²) in [7, 11) is 0. The lowest BCUT2D eigenvalue weighted by Gasteiger charge is -2.40. The minimum Gasteiger partial charge on any atom is -0.394 e. The first kappa shape index (κ1) is 55.7. The number of aliphatic hydroxyl groups is 5. The van der Waals surface area contributed by atoms with E-state index in [4.69, 9.17) is 9.47 Å². The molecule has 9 heteroatoms. The quantitative estimate of drug-likeness (QED) is 0.0263. The third-order valence-corrected chi connectivity index (χ3v) is 12.0. The number of ether oxygens (including phenoxy) is 2. The molecule has 0 aromatic rings. The van der Waals surface area contributed by atoms with Crippen molar-refractivity contribution in [2.24, 2.45) is 0 Å². The summed E-state index contributed by atoms with van der Waals surface area (Å²) in [5.41, 5.74) is 0. The molecule has 6 N–H and O–H groups in total. The molecule has 0 spiro atoms. The zero-order chi connectivity index (χ0) is 43.0. The van der Waals surface area contributed by atoms with Crippen LogP contribution in [0.15, 0.2) is 24.3 Å². The van der Waals surface area contributed by atoms with Crippen LogP contribution in [-0.2, 0) is 14.3 Å². The van der Waals surface area contributed by atoms with E-state index in [0.29, 0.717) is 6.42 Å². The number of nitrogens with one attached hydrogen (secondary N) is 1.